The second-order valence-corrected chi connectivity index (χ2v) is 7.42. The molecule has 0 saturated heterocycles. The Balaban J connectivity index is 1.78. The molecule has 3 rings (SSSR count). The highest BCUT2D eigenvalue weighted by molar-refractivity contribution is 7.99. The summed E-state index contributed by atoms with van der Waals surface area (Å²) < 4.78 is 0. The standard InChI is InChI=1S/C22H18ClNO2S/c23-19-13-11-17(12-14-19)20(25)22(27-15-16-7-3-1-4-8-16)24-21(26)18-9-5-2-6-10-18/h1-14,22H,15H2,(H,24,26)/t22-/m1/s1. The fourth-order valence-electron chi connectivity index (χ4n) is 2.49. The zero-order chi connectivity index (χ0) is 19.1. The van der Waals surface area contributed by atoms with Crippen LogP contribution in [0.25, 0.3) is 0 Å². The zero-order valence-corrected chi connectivity index (χ0v) is 16.0. The van der Waals surface area contributed by atoms with Crippen molar-refractivity contribution in [2.45, 2.75) is 11.1 Å². The molecule has 0 unspecified atom stereocenters. The molecule has 0 saturated carbocycles. The molecular weight excluding hydrogens is 378 g/mol. The van der Waals surface area contributed by atoms with Gasteiger partial charge in [0, 0.05) is 21.9 Å². The number of ketones is 1. The maximum atomic E-state index is 13.0. The number of Topliss-reactive ketones (excluding diaryl/α,β-unsaturated/α-hetero) is 1. The van der Waals surface area contributed by atoms with E-state index in [1.54, 1.807) is 48.5 Å². The Labute approximate surface area is 167 Å². The highest BCUT2D eigenvalue weighted by Crippen LogP contribution is 2.21. The summed E-state index contributed by atoms with van der Waals surface area (Å²) in [6.07, 6.45) is 0. The number of hydrogen-bond donors (Lipinski definition) is 1. The van der Waals surface area contributed by atoms with Crippen LogP contribution in [0.5, 0.6) is 0 Å². The number of benzene rings is 3. The summed E-state index contributed by atoms with van der Waals surface area (Å²) in [5.41, 5.74) is 2.12. The van der Waals surface area contributed by atoms with Gasteiger partial charge in [0.15, 0.2) is 5.78 Å². The molecule has 5 heteroatoms. The quantitative estimate of drug-likeness (QED) is 0.441. The Kier molecular flexibility index (Phi) is 6.69. The van der Waals surface area contributed by atoms with Gasteiger partial charge in [-0.15, -0.1) is 11.8 Å². The van der Waals surface area contributed by atoms with Crippen molar-refractivity contribution in [2.75, 3.05) is 0 Å². The van der Waals surface area contributed by atoms with Crippen molar-refractivity contribution in [2.24, 2.45) is 0 Å². The minimum absolute atomic E-state index is 0.156. The average Bonchev–Trinajstić information content (AvgIpc) is 2.72. The summed E-state index contributed by atoms with van der Waals surface area (Å²) in [6, 6.07) is 25.4. The Bertz CT molecular complexity index is 899. The highest BCUT2D eigenvalue weighted by atomic mass is 35.5. The number of nitrogens with one attached hydrogen (secondary N) is 1. The predicted molar refractivity (Wildman–Crippen MR) is 111 cm³/mol. The summed E-state index contributed by atoms with van der Waals surface area (Å²) in [6.45, 7) is 0. The molecule has 0 radical (unpaired) electrons. The van der Waals surface area contributed by atoms with Crippen LogP contribution in [0.4, 0.5) is 0 Å². The van der Waals surface area contributed by atoms with Gasteiger partial charge in [0.1, 0.15) is 5.37 Å². The maximum Gasteiger partial charge on any atom is 0.252 e. The lowest BCUT2D eigenvalue weighted by Crippen LogP contribution is -2.38. The van der Waals surface area contributed by atoms with E-state index in [2.05, 4.69) is 5.32 Å². The molecule has 3 aromatic carbocycles. The molecule has 0 aromatic heterocycles. The monoisotopic (exact) mass is 395 g/mol. The molecule has 0 spiro atoms. The van der Waals surface area contributed by atoms with E-state index >= 15 is 0 Å². The molecule has 0 aliphatic rings. The van der Waals surface area contributed by atoms with Crippen molar-refractivity contribution >= 4 is 35.1 Å². The largest absolute Gasteiger partial charge is 0.333 e. The first-order valence-corrected chi connectivity index (χ1v) is 9.87. The van der Waals surface area contributed by atoms with E-state index in [9.17, 15) is 9.59 Å². The van der Waals surface area contributed by atoms with Crippen LogP contribution in [0.3, 0.4) is 0 Å². The van der Waals surface area contributed by atoms with E-state index in [1.165, 1.54) is 11.8 Å². The van der Waals surface area contributed by atoms with E-state index in [0.717, 1.165) is 5.56 Å². The number of thioether (sulfide) groups is 1. The number of amides is 1. The van der Waals surface area contributed by atoms with Gasteiger partial charge in [0.2, 0.25) is 0 Å². The molecule has 27 heavy (non-hydrogen) atoms. The van der Waals surface area contributed by atoms with E-state index < -0.39 is 5.37 Å². The van der Waals surface area contributed by atoms with Gasteiger partial charge in [-0.3, -0.25) is 9.59 Å². The first-order valence-electron chi connectivity index (χ1n) is 8.45. The summed E-state index contributed by atoms with van der Waals surface area (Å²) in [5, 5.41) is 2.73. The van der Waals surface area contributed by atoms with Gasteiger partial charge in [0.05, 0.1) is 0 Å². The molecule has 3 nitrogen and oxygen atoms in total. The van der Waals surface area contributed by atoms with Crippen molar-refractivity contribution in [1.82, 2.24) is 5.32 Å². The van der Waals surface area contributed by atoms with Crippen LogP contribution in [-0.2, 0) is 5.75 Å². The number of carbonyl (C=O) groups is 2. The Morgan fingerprint density at radius 3 is 2.04 bits per heavy atom. The van der Waals surface area contributed by atoms with Crippen LogP contribution in [0.1, 0.15) is 26.3 Å². The molecule has 0 bridgehead atoms. The Hall–Kier alpha value is -2.56. The molecule has 136 valence electrons. The van der Waals surface area contributed by atoms with E-state index in [-0.39, 0.29) is 11.7 Å². The number of hydrogen-bond acceptors (Lipinski definition) is 3. The molecule has 3 aromatic rings. The van der Waals surface area contributed by atoms with Gasteiger partial charge in [-0.25, -0.2) is 0 Å². The van der Waals surface area contributed by atoms with Crippen LogP contribution < -0.4 is 5.32 Å². The third-order valence-electron chi connectivity index (χ3n) is 3.92. The molecule has 0 fully saturated rings. The van der Waals surface area contributed by atoms with Crippen LogP contribution in [0.2, 0.25) is 5.02 Å². The second-order valence-electron chi connectivity index (χ2n) is 5.89. The van der Waals surface area contributed by atoms with Crippen LogP contribution in [0.15, 0.2) is 84.9 Å². The van der Waals surface area contributed by atoms with Crippen molar-refractivity contribution in [3.63, 3.8) is 0 Å². The molecule has 1 atom stereocenters. The van der Waals surface area contributed by atoms with Gasteiger partial charge in [0.25, 0.3) is 5.91 Å². The summed E-state index contributed by atoms with van der Waals surface area (Å²) in [4.78, 5) is 25.5. The first kappa shape index (κ1) is 19.2. The Morgan fingerprint density at radius 2 is 1.41 bits per heavy atom. The van der Waals surface area contributed by atoms with Crippen molar-refractivity contribution in [3.05, 3.63) is 107 Å². The highest BCUT2D eigenvalue weighted by Gasteiger charge is 2.23. The van der Waals surface area contributed by atoms with Crippen molar-refractivity contribution < 1.29 is 9.59 Å². The van der Waals surface area contributed by atoms with Gasteiger partial charge in [-0.1, -0.05) is 60.1 Å². The third-order valence-corrected chi connectivity index (χ3v) is 5.34. The Morgan fingerprint density at radius 1 is 0.815 bits per heavy atom. The van der Waals surface area contributed by atoms with E-state index in [1.807, 2.05) is 36.4 Å². The van der Waals surface area contributed by atoms with Gasteiger partial charge in [-0.05, 0) is 42.0 Å². The smallest absolute Gasteiger partial charge is 0.252 e. The van der Waals surface area contributed by atoms with E-state index in [0.29, 0.717) is 21.9 Å². The van der Waals surface area contributed by atoms with Crippen LogP contribution in [-0.4, -0.2) is 17.1 Å². The lowest BCUT2D eigenvalue weighted by Gasteiger charge is -2.18. The second kappa shape index (κ2) is 9.40. The van der Waals surface area contributed by atoms with E-state index in [4.69, 9.17) is 11.6 Å². The minimum atomic E-state index is -0.695. The summed E-state index contributed by atoms with van der Waals surface area (Å²) in [7, 11) is 0. The van der Waals surface area contributed by atoms with Crippen LogP contribution in [0, 0.1) is 0 Å². The van der Waals surface area contributed by atoms with Gasteiger partial charge in [-0.2, -0.15) is 0 Å². The van der Waals surface area contributed by atoms with Crippen LogP contribution >= 0.6 is 23.4 Å². The summed E-state index contributed by atoms with van der Waals surface area (Å²) >= 11 is 7.31. The lowest BCUT2D eigenvalue weighted by molar-refractivity contribution is 0.0892. The van der Waals surface area contributed by atoms with Crippen molar-refractivity contribution in [3.8, 4) is 0 Å². The SMILES string of the molecule is O=C(N[C@H](SCc1ccccc1)C(=O)c1ccc(Cl)cc1)c1ccccc1. The zero-order valence-electron chi connectivity index (χ0n) is 14.5. The van der Waals surface area contributed by atoms with Gasteiger partial charge < -0.3 is 5.32 Å². The molecule has 1 N–H and O–H groups in total. The molecule has 1 amide bonds. The number of rotatable bonds is 7. The molecule has 0 heterocycles. The van der Waals surface area contributed by atoms with Gasteiger partial charge >= 0.3 is 0 Å². The average molecular weight is 396 g/mol. The third kappa shape index (κ3) is 5.46. The fourth-order valence-corrected chi connectivity index (χ4v) is 3.65. The molecular formula is C22H18ClNO2S. The predicted octanol–water partition coefficient (Wildman–Crippen LogP) is 5.21. The maximum absolute atomic E-state index is 13.0. The fraction of sp³-hybridized carbons (Fsp3) is 0.0909. The molecule has 0 aliphatic heterocycles. The van der Waals surface area contributed by atoms with Crippen molar-refractivity contribution in [1.29, 1.82) is 0 Å². The minimum Gasteiger partial charge on any atom is -0.333 e. The lowest BCUT2D eigenvalue weighted by atomic mass is 10.1. The first-order chi connectivity index (χ1) is 13.1. The molecule has 0 aliphatic carbocycles. The normalized spacial score (nSPS) is 11.6. The summed E-state index contributed by atoms with van der Waals surface area (Å²) in [5.74, 6) is 0.181. The number of carbonyl (C=O) groups excluding carboxylic acids is 2. The number of halogens is 1. The topological polar surface area (TPSA) is 46.2 Å².